The van der Waals surface area contributed by atoms with Crippen molar-refractivity contribution < 1.29 is 4.79 Å². The molecule has 0 aromatic heterocycles. The van der Waals surface area contributed by atoms with E-state index in [9.17, 15) is 4.79 Å². The molecular weight excluding hydrogens is 290 g/mol. The first-order valence-electron chi connectivity index (χ1n) is 6.41. The third-order valence-corrected chi connectivity index (χ3v) is 3.56. The summed E-state index contributed by atoms with van der Waals surface area (Å²) in [5.74, 6) is 0.636. The van der Waals surface area contributed by atoms with Gasteiger partial charge in [-0.05, 0) is 37.3 Å². The predicted octanol–water partition coefficient (Wildman–Crippen LogP) is 3.38. The second-order valence-electron chi connectivity index (χ2n) is 4.99. The molecule has 0 spiro atoms. The zero-order valence-electron chi connectivity index (χ0n) is 11.4. The molecule has 1 aromatic carbocycles. The Labute approximate surface area is 118 Å². The Kier molecular flexibility index (Phi) is 6.41. The van der Waals surface area contributed by atoms with Gasteiger partial charge in [-0.1, -0.05) is 46.6 Å². The van der Waals surface area contributed by atoms with Crippen LogP contribution in [0.5, 0.6) is 0 Å². The van der Waals surface area contributed by atoms with Crippen LogP contribution in [-0.2, 0) is 11.2 Å². The normalized spacial score (nSPS) is 12.2. The van der Waals surface area contributed by atoms with Crippen LogP contribution in [0.1, 0.15) is 30.0 Å². The summed E-state index contributed by atoms with van der Waals surface area (Å²) in [6.07, 6.45) is 1.57. The lowest BCUT2D eigenvalue weighted by Crippen LogP contribution is -2.29. The van der Waals surface area contributed by atoms with Crippen LogP contribution >= 0.6 is 15.9 Å². The molecule has 3 heteroatoms. The van der Waals surface area contributed by atoms with Crippen LogP contribution in [0, 0.1) is 19.8 Å². The first kappa shape index (κ1) is 15.2. The molecule has 0 fully saturated rings. The number of halogens is 1. The summed E-state index contributed by atoms with van der Waals surface area (Å²) in [5, 5.41) is 3.99. The summed E-state index contributed by atoms with van der Waals surface area (Å²) in [7, 11) is 0. The molecule has 0 saturated carbocycles. The van der Waals surface area contributed by atoms with Gasteiger partial charge in [-0.15, -0.1) is 0 Å². The van der Waals surface area contributed by atoms with E-state index in [2.05, 4.69) is 60.2 Å². The summed E-state index contributed by atoms with van der Waals surface area (Å²) in [6.45, 7) is 7.02. The molecule has 18 heavy (non-hydrogen) atoms. The number of nitrogens with one attached hydrogen (secondary N) is 1. The minimum Gasteiger partial charge on any atom is -0.356 e. The van der Waals surface area contributed by atoms with Gasteiger partial charge in [0, 0.05) is 11.9 Å². The Morgan fingerprint density at radius 1 is 1.39 bits per heavy atom. The summed E-state index contributed by atoms with van der Waals surface area (Å²) >= 11 is 3.42. The maximum absolute atomic E-state index is 11.9. The number of carbonyl (C=O) groups excluding carboxylic acids is 1. The molecule has 0 aliphatic carbocycles. The van der Waals surface area contributed by atoms with Crippen LogP contribution < -0.4 is 5.32 Å². The monoisotopic (exact) mass is 311 g/mol. The van der Waals surface area contributed by atoms with Gasteiger partial charge in [0.15, 0.2) is 0 Å². The van der Waals surface area contributed by atoms with E-state index < -0.39 is 0 Å². The molecule has 1 atom stereocenters. The number of hydrogen-bond donors (Lipinski definition) is 1. The van der Waals surface area contributed by atoms with E-state index >= 15 is 0 Å². The largest absolute Gasteiger partial charge is 0.356 e. The maximum Gasteiger partial charge on any atom is 0.224 e. The van der Waals surface area contributed by atoms with Crippen molar-refractivity contribution in [1.82, 2.24) is 5.32 Å². The van der Waals surface area contributed by atoms with Gasteiger partial charge < -0.3 is 5.32 Å². The summed E-state index contributed by atoms with van der Waals surface area (Å²) in [4.78, 5) is 11.9. The molecule has 0 heterocycles. The summed E-state index contributed by atoms with van der Waals surface area (Å²) in [5.41, 5.74) is 3.51. The average Bonchev–Trinajstić information content (AvgIpc) is 2.32. The minimum atomic E-state index is 0.116. The van der Waals surface area contributed by atoms with Gasteiger partial charge in [-0.25, -0.2) is 0 Å². The van der Waals surface area contributed by atoms with E-state index in [-0.39, 0.29) is 5.91 Å². The van der Waals surface area contributed by atoms with Crippen LogP contribution in [0.4, 0.5) is 0 Å². The molecule has 2 nitrogen and oxygen atoms in total. The van der Waals surface area contributed by atoms with Crippen molar-refractivity contribution in [2.24, 2.45) is 5.92 Å². The zero-order valence-corrected chi connectivity index (χ0v) is 13.0. The SMILES string of the molecule is Cc1ccc(C)c(CC(=O)NCC(C)CCBr)c1. The van der Waals surface area contributed by atoms with E-state index in [1.807, 2.05) is 0 Å². The second-order valence-corrected chi connectivity index (χ2v) is 5.79. The van der Waals surface area contributed by atoms with Crippen molar-refractivity contribution in [2.75, 3.05) is 11.9 Å². The smallest absolute Gasteiger partial charge is 0.224 e. The number of amides is 1. The lowest BCUT2D eigenvalue weighted by atomic mass is 10.0. The minimum absolute atomic E-state index is 0.116. The number of carbonyl (C=O) groups is 1. The van der Waals surface area contributed by atoms with E-state index in [0.717, 1.165) is 23.9 Å². The van der Waals surface area contributed by atoms with Gasteiger partial charge in [-0.2, -0.15) is 0 Å². The maximum atomic E-state index is 11.9. The van der Waals surface area contributed by atoms with Crippen molar-refractivity contribution >= 4 is 21.8 Å². The molecule has 1 unspecified atom stereocenters. The number of aryl methyl sites for hydroxylation is 2. The summed E-state index contributed by atoms with van der Waals surface area (Å²) in [6, 6.07) is 6.25. The highest BCUT2D eigenvalue weighted by Crippen LogP contribution is 2.11. The fourth-order valence-corrected chi connectivity index (χ4v) is 2.58. The van der Waals surface area contributed by atoms with E-state index in [1.165, 1.54) is 11.1 Å². The van der Waals surface area contributed by atoms with E-state index in [1.54, 1.807) is 0 Å². The Morgan fingerprint density at radius 2 is 2.11 bits per heavy atom. The molecule has 0 radical (unpaired) electrons. The number of rotatable bonds is 6. The molecule has 0 aliphatic heterocycles. The highest BCUT2D eigenvalue weighted by molar-refractivity contribution is 9.09. The van der Waals surface area contributed by atoms with Crippen LogP contribution in [0.2, 0.25) is 0 Å². The van der Waals surface area contributed by atoms with Gasteiger partial charge in [0.2, 0.25) is 5.91 Å². The van der Waals surface area contributed by atoms with Crippen LogP contribution in [0.3, 0.4) is 0 Å². The van der Waals surface area contributed by atoms with Crippen LogP contribution in [0.15, 0.2) is 18.2 Å². The third-order valence-electron chi connectivity index (χ3n) is 3.11. The van der Waals surface area contributed by atoms with Crippen molar-refractivity contribution in [3.63, 3.8) is 0 Å². The lowest BCUT2D eigenvalue weighted by molar-refractivity contribution is -0.120. The average molecular weight is 312 g/mol. The van der Waals surface area contributed by atoms with E-state index in [0.29, 0.717) is 12.3 Å². The van der Waals surface area contributed by atoms with Crippen molar-refractivity contribution in [1.29, 1.82) is 0 Å². The molecule has 100 valence electrons. The van der Waals surface area contributed by atoms with Gasteiger partial charge in [0.05, 0.1) is 6.42 Å². The molecular formula is C15H22BrNO. The topological polar surface area (TPSA) is 29.1 Å². The third kappa shape index (κ3) is 5.21. The molecule has 0 saturated heterocycles. The Balaban J connectivity index is 2.47. The van der Waals surface area contributed by atoms with Gasteiger partial charge >= 0.3 is 0 Å². The number of alkyl halides is 1. The predicted molar refractivity (Wildman–Crippen MR) is 80.2 cm³/mol. The fraction of sp³-hybridized carbons (Fsp3) is 0.533. The molecule has 1 aromatic rings. The zero-order chi connectivity index (χ0) is 13.5. The summed E-state index contributed by atoms with van der Waals surface area (Å²) < 4.78 is 0. The van der Waals surface area contributed by atoms with Gasteiger partial charge in [0.25, 0.3) is 0 Å². The molecule has 1 amide bonds. The number of benzene rings is 1. The molecule has 1 N–H and O–H groups in total. The van der Waals surface area contributed by atoms with Crippen molar-refractivity contribution in [3.05, 3.63) is 34.9 Å². The Morgan fingerprint density at radius 3 is 2.78 bits per heavy atom. The lowest BCUT2D eigenvalue weighted by Gasteiger charge is -2.12. The second kappa shape index (κ2) is 7.57. The number of hydrogen-bond acceptors (Lipinski definition) is 1. The Hall–Kier alpha value is -0.830. The first-order valence-corrected chi connectivity index (χ1v) is 7.54. The van der Waals surface area contributed by atoms with Gasteiger partial charge in [-0.3, -0.25) is 4.79 Å². The van der Waals surface area contributed by atoms with Crippen LogP contribution in [0.25, 0.3) is 0 Å². The molecule has 0 bridgehead atoms. The standard InChI is InChI=1S/C15H22BrNO/c1-11-4-5-13(3)14(8-11)9-15(18)17-10-12(2)6-7-16/h4-5,8,12H,6-7,9-10H2,1-3H3,(H,17,18). The Bertz CT molecular complexity index is 403. The quantitative estimate of drug-likeness (QED) is 0.802. The van der Waals surface area contributed by atoms with Crippen molar-refractivity contribution in [3.8, 4) is 0 Å². The fourth-order valence-electron chi connectivity index (χ4n) is 1.80. The highest BCUT2D eigenvalue weighted by atomic mass is 79.9. The highest BCUT2D eigenvalue weighted by Gasteiger charge is 2.08. The molecule has 1 rings (SSSR count). The van der Waals surface area contributed by atoms with Gasteiger partial charge in [0.1, 0.15) is 0 Å². The van der Waals surface area contributed by atoms with Crippen molar-refractivity contribution in [2.45, 2.75) is 33.6 Å². The molecule has 0 aliphatic rings. The van der Waals surface area contributed by atoms with E-state index in [4.69, 9.17) is 0 Å². The van der Waals surface area contributed by atoms with Crippen LogP contribution in [-0.4, -0.2) is 17.8 Å². The first-order chi connectivity index (χ1) is 8.52.